The Kier molecular flexibility index (Phi) is 5.94. The highest BCUT2D eigenvalue weighted by Gasteiger charge is 2.43. The summed E-state index contributed by atoms with van der Waals surface area (Å²) in [4.78, 5) is 27.1. The van der Waals surface area contributed by atoms with Gasteiger partial charge < -0.3 is 29.2 Å². The number of amides is 1. The van der Waals surface area contributed by atoms with Crippen LogP contribution < -0.4 is 10.2 Å². The second-order valence-electron chi connectivity index (χ2n) is 9.82. The third-order valence-corrected chi connectivity index (χ3v) is 7.14. The van der Waals surface area contributed by atoms with Crippen LogP contribution in [0.5, 0.6) is 0 Å². The number of aromatic nitrogens is 4. The van der Waals surface area contributed by atoms with Crippen molar-refractivity contribution < 1.29 is 28.5 Å². The van der Waals surface area contributed by atoms with Crippen LogP contribution in [0.3, 0.4) is 0 Å². The van der Waals surface area contributed by atoms with E-state index in [1.165, 1.54) is 17.2 Å². The topological polar surface area (TPSA) is 124 Å². The van der Waals surface area contributed by atoms with Crippen LogP contribution in [0.2, 0.25) is 5.02 Å². The number of hydrogen-bond acceptors (Lipinski definition) is 9. The summed E-state index contributed by atoms with van der Waals surface area (Å²) in [5.41, 5.74) is 1.35. The molecule has 0 radical (unpaired) electrons. The summed E-state index contributed by atoms with van der Waals surface area (Å²) in [5, 5.41) is 13.9. The normalized spacial score (nSPS) is 27.4. The fourth-order valence-corrected chi connectivity index (χ4v) is 5.29. The predicted octanol–water partition coefficient (Wildman–Crippen LogP) is 3.50. The lowest BCUT2D eigenvalue weighted by Gasteiger charge is -2.32. The molecule has 13 heteroatoms. The van der Waals surface area contributed by atoms with Crippen LogP contribution in [0.15, 0.2) is 18.3 Å². The van der Waals surface area contributed by atoms with Gasteiger partial charge >= 0.3 is 6.09 Å². The number of imidazole rings is 1. The summed E-state index contributed by atoms with van der Waals surface area (Å²) >= 11 is 6.45. The largest absolute Gasteiger partial charge is 0.447 e. The summed E-state index contributed by atoms with van der Waals surface area (Å²) in [6.07, 6.45) is -0.273. The molecule has 0 spiro atoms. The minimum Gasteiger partial charge on any atom is -0.447 e. The van der Waals surface area contributed by atoms with Crippen LogP contribution in [-0.2, 0) is 14.2 Å². The molecule has 196 valence electrons. The molecule has 3 aliphatic heterocycles. The third kappa shape index (κ3) is 4.08. The minimum absolute atomic E-state index is 0.115. The molecular formula is C24H26ClFN6O5. The van der Waals surface area contributed by atoms with Gasteiger partial charge in [-0.3, -0.25) is 0 Å². The Hall–Kier alpha value is -3.06. The molecular weight excluding hydrogens is 507 g/mol. The van der Waals surface area contributed by atoms with E-state index in [9.17, 15) is 9.90 Å². The van der Waals surface area contributed by atoms with Crippen molar-refractivity contribution in [2.75, 3.05) is 23.4 Å². The van der Waals surface area contributed by atoms with Gasteiger partial charge in [0.2, 0.25) is 11.9 Å². The Morgan fingerprint density at radius 3 is 2.81 bits per heavy atom. The first-order chi connectivity index (χ1) is 17.7. The molecule has 1 amide bonds. The summed E-state index contributed by atoms with van der Waals surface area (Å²) in [7, 11) is 0. The van der Waals surface area contributed by atoms with E-state index in [1.54, 1.807) is 10.6 Å². The monoisotopic (exact) mass is 532 g/mol. The number of halogens is 2. The Labute approximate surface area is 216 Å². The zero-order chi connectivity index (χ0) is 26.0. The van der Waals surface area contributed by atoms with Gasteiger partial charge in [0.1, 0.15) is 18.2 Å². The highest BCUT2D eigenvalue weighted by Crippen LogP contribution is 2.36. The smallest absolute Gasteiger partial charge is 0.417 e. The average molecular weight is 533 g/mol. The molecule has 3 saturated heterocycles. The van der Waals surface area contributed by atoms with Gasteiger partial charge in [-0.2, -0.15) is 0 Å². The molecule has 2 aromatic heterocycles. The molecule has 3 aliphatic rings. The van der Waals surface area contributed by atoms with Gasteiger partial charge in [-0.05, 0) is 39.3 Å². The van der Waals surface area contributed by atoms with Gasteiger partial charge in [0.15, 0.2) is 12.1 Å². The molecule has 0 aliphatic carbocycles. The van der Waals surface area contributed by atoms with Crippen molar-refractivity contribution in [2.24, 2.45) is 0 Å². The number of benzene rings is 1. The minimum atomic E-state index is -0.895. The molecule has 0 unspecified atom stereocenters. The fourth-order valence-electron chi connectivity index (χ4n) is 5.09. The molecule has 2 N–H and O–H groups in total. The first-order valence-corrected chi connectivity index (χ1v) is 12.5. The maximum Gasteiger partial charge on any atom is 0.417 e. The zero-order valence-electron chi connectivity index (χ0n) is 20.4. The average Bonchev–Trinajstić information content (AvgIpc) is 3.53. The van der Waals surface area contributed by atoms with E-state index in [0.29, 0.717) is 35.8 Å². The zero-order valence-corrected chi connectivity index (χ0v) is 21.1. The number of nitrogens with zero attached hydrogens (tertiary/aromatic N) is 5. The number of anilines is 2. The highest BCUT2D eigenvalue weighted by atomic mass is 35.5. The lowest BCUT2D eigenvalue weighted by Crippen LogP contribution is -2.48. The van der Waals surface area contributed by atoms with Crippen LogP contribution in [0, 0.1) is 5.82 Å². The van der Waals surface area contributed by atoms with Gasteiger partial charge in [0.05, 0.1) is 47.2 Å². The first-order valence-electron chi connectivity index (χ1n) is 12.1. The number of aliphatic hydroxyl groups is 1. The molecule has 0 saturated carbocycles. The number of carbonyl (C=O) groups is 1. The molecule has 2 bridgehead atoms. The Morgan fingerprint density at radius 2 is 2.08 bits per heavy atom. The van der Waals surface area contributed by atoms with Gasteiger partial charge in [-0.25, -0.2) is 29.0 Å². The summed E-state index contributed by atoms with van der Waals surface area (Å²) < 4.78 is 33.4. The quantitative estimate of drug-likeness (QED) is 0.508. The molecule has 37 heavy (non-hydrogen) atoms. The van der Waals surface area contributed by atoms with Crippen molar-refractivity contribution in [1.82, 2.24) is 19.5 Å². The van der Waals surface area contributed by atoms with Crippen molar-refractivity contribution in [3.8, 4) is 11.3 Å². The standard InChI is InChI=1S/C24H26ClFN6O5/c1-10(2)31-17-5-12(4-15(26)19(17)30-23(31)32-11(3)8-36-24(32)34)18-14(25)7-27-22(29-18)28-16-6-13-9-35-21(37-13)20(16)33/h4-5,7,10-11,13,16,20-21,33H,6,8-9H2,1-3H3,(H,27,28,29)/t11-,13+,16-,20+,21-/m1/s1. The maximum atomic E-state index is 15.4. The number of hydrogen-bond donors (Lipinski definition) is 2. The molecule has 5 atom stereocenters. The maximum absolute atomic E-state index is 15.4. The van der Waals surface area contributed by atoms with Crippen LogP contribution in [0.25, 0.3) is 22.3 Å². The molecule has 6 rings (SSSR count). The number of cyclic esters (lactones) is 1. The molecule has 1 aromatic carbocycles. The van der Waals surface area contributed by atoms with Crippen molar-refractivity contribution in [3.05, 3.63) is 29.2 Å². The Balaban J connectivity index is 1.40. The van der Waals surface area contributed by atoms with Crippen molar-refractivity contribution in [3.63, 3.8) is 0 Å². The number of rotatable bonds is 5. The molecule has 3 aromatic rings. The number of nitrogens with one attached hydrogen (secondary N) is 1. The van der Waals surface area contributed by atoms with Crippen LogP contribution in [0.1, 0.15) is 33.2 Å². The van der Waals surface area contributed by atoms with E-state index >= 15 is 4.39 Å². The molecule has 11 nitrogen and oxygen atoms in total. The van der Waals surface area contributed by atoms with Gasteiger partial charge in [-0.1, -0.05) is 11.6 Å². The molecule has 5 heterocycles. The van der Waals surface area contributed by atoms with Gasteiger partial charge in [0, 0.05) is 11.6 Å². The predicted molar refractivity (Wildman–Crippen MR) is 132 cm³/mol. The SMILES string of the molecule is CC(C)n1c(N2C(=O)OC[C@H]2C)nc2c(F)cc(-c3nc(N[C@@H]4C[C@H]5CO[C@H](O5)[C@H]4O)ncc3Cl)cc21. The summed E-state index contributed by atoms with van der Waals surface area (Å²) in [6, 6.07) is 2.30. The Bertz CT molecular complexity index is 1390. The van der Waals surface area contributed by atoms with Crippen molar-refractivity contribution >= 4 is 40.6 Å². The highest BCUT2D eigenvalue weighted by molar-refractivity contribution is 6.33. The second kappa shape index (κ2) is 9.05. The van der Waals surface area contributed by atoms with Crippen LogP contribution in [0.4, 0.5) is 21.1 Å². The lowest BCUT2D eigenvalue weighted by molar-refractivity contribution is -0.156. The first kappa shape index (κ1) is 24.3. The van der Waals surface area contributed by atoms with Crippen LogP contribution in [-0.4, -0.2) is 74.5 Å². The van der Waals surface area contributed by atoms with Crippen LogP contribution >= 0.6 is 11.6 Å². The van der Waals surface area contributed by atoms with Crippen molar-refractivity contribution in [2.45, 2.75) is 63.8 Å². The van der Waals surface area contributed by atoms with E-state index < -0.39 is 24.3 Å². The van der Waals surface area contributed by atoms with Crippen molar-refractivity contribution in [1.29, 1.82) is 0 Å². The summed E-state index contributed by atoms with van der Waals surface area (Å²) in [6.45, 7) is 6.35. The van der Waals surface area contributed by atoms with E-state index in [1.807, 2.05) is 20.8 Å². The second-order valence-corrected chi connectivity index (χ2v) is 10.2. The number of fused-ring (bicyclic) bond motifs is 3. The van der Waals surface area contributed by atoms with E-state index in [0.717, 1.165) is 0 Å². The summed E-state index contributed by atoms with van der Waals surface area (Å²) in [5.74, 6) is -0.0272. The lowest BCUT2D eigenvalue weighted by atomic mass is 10.0. The molecule has 3 fully saturated rings. The van der Waals surface area contributed by atoms with E-state index in [-0.39, 0.29) is 47.3 Å². The number of aliphatic hydroxyl groups excluding tert-OH is 1. The van der Waals surface area contributed by atoms with Gasteiger partial charge in [-0.15, -0.1) is 0 Å². The number of ether oxygens (including phenoxy) is 3. The van der Waals surface area contributed by atoms with E-state index in [2.05, 4.69) is 20.3 Å². The van der Waals surface area contributed by atoms with Gasteiger partial charge in [0.25, 0.3) is 0 Å². The van der Waals surface area contributed by atoms with E-state index in [4.69, 9.17) is 25.8 Å². The number of carbonyl (C=O) groups excluding carboxylic acids is 1. The Morgan fingerprint density at radius 1 is 1.27 bits per heavy atom. The third-order valence-electron chi connectivity index (χ3n) is 6.86. The fraction of sp³-hybridized carbons (Fsp3) is 0.500.